The Morgan fingerprint density at radius 2 is 0.824 bits per heavy atom. The van der Waals surface area contributed by atoms with E-state index in [1.807, 2.05) is 154 Å². The van der Waals surface area contributed by atoms with Crippen LogP contribution in [0.3, 0.4) is 0 Å². The number of aliphatic hydroxyl groups excluding tert-OH is 6. The number of hydrogen-bond donors (Lipinski definition) is 13. The number of ketones is 2. The molecule has 48 heteroatoms. The summed E-state index contributed by atoms with van der Waals surface area (Å²) in [5, 5.41) is 119. The molecule has 0 spiro atoms. The van der Waals surface area contributed by atoms with Crippen LogP contribution >= 0.6 is 11.6 Å². The van der Waals surface area contributed by atoms with Gasteiger partial charge in [0.1, 0.15) is 63.3 Å². The zero-order chi connectivity index (χ0) is 105. The average molecular weight is 2010 g/mol. The Morgan fingerprint density at radius 1 is 0.486 bits per heavy atom. The highest BCUT2D eigenvalue weighted by atomic mass is 35.5. The first-order chi connectivity index (χ1) is 66.8. The molecule has 0 bridgehead atoms. The number of amides is 6. The SMILES string of the molecule is C#CCO.CC(C)(C)OC(=O)NC1CC(=O)C1.CC(C)(C)OC(=O)NC1CC(N=[N+]=[N-])C1.CC(C)(C)OC(=O)NC1CC(O)C1.CC(C)(C)OC(=O)NC1CC(n2cc(CO)nn2)C1.CC(C)(C)OC(=O)NC1CC(n2nncc2CO)C1.CC1CC(n2nncc2CO)C1.O=C(Cl)c1cc(-c2ccccc2)no1.O=C(NC1CC(n2nncc2CO)C1)c1cc(-c2ccccc2)no1.O=C1CC(C(=O)O)C1. The molecule has 6 aromatic heterocycles. The van der Waals surface area contributed by atoms with E-state index in [2.05, 4.69) is 107 Å². The molecule has 8 fully saturated rings. The molecule has 0 aliphatic heterocycles. The largest absolute Gasteiger partial charge is 0.481 e. The Hall–Kier alpha value is -13.4. The third-order valence-corrected chi connectivity index (χ3v) is 21.7. The molecule has 47 nitrogen and oxygen atoms in total. The van der Waals surface area contributed by atoms with Crippen molar-refractivity contribution in [3.63, 3.8) is 0 Å². The van der Waals surface area contributed by atoms with Crippen LogP contribution in [0.2, 0.25) is 0 Å². The van der Waals surface area contributed by atoms with Gasteiger partial charge in [0.15, 0.2) is 0 Å². The van der Waals surface area contributed by atoms with Crippen LogP contribution < -0.4 is 31.9 Å². The molecule has 8 aromatic rings. The Balaban J connectivity index is 0.000000219. The number of carbonyl (C=O) groups excluding carboxylic acids is 9. The molecule has 2 aromatic carbocycles. The smallest absolute Gasteiger partial charge is 0.407 e. The van der Waals surface area contributed by atoms with Gasteiger partial charge in [-0.15, -0.1) is 26.8 Å². The van der Waals surface area contributed by atoms with Crippen molar-refractivity contribution in [2.45, 2.75) is 341 Å². The predicted octanol–water partition coefficient (Wildman–Crippen LogP) is 11.3. The number of aromatic nitrogens is 14. The first-order valence-electron chi connectivity index (χ1n) is 46.4. The molecule has 776 valence electrons. The number of ether oxygens (including phenoxy) is 5. The summed E-state index contributed by atoms with van der Waals surface area (Å²) in [6.45, 7) is 29.2. The van der Waals surface area contributed by atoms with Crippen LogP contribution in [0.4, 0.5) is 24.0 Å². The second-order valence-electron chi connectivity index (χ2n) is 39.7. The third-order valence-electron chi connectivity index (χ3n) is 21.5. The van der Waals surface area contributed by atoms with E-state index in [9.17, 15) is 53.1 Å². The van der Waals surface area contributed by atoms with E-state index in [-0.39, 0.29) is 153 Å². The van der Waals surface area contributed by atoms with E-state index in [1.165, 1.54) is 6.07 Å². The second kappa shape index (κ2) is 54.6. The molecular formula is C94H134ClN23O24. The fourth-order valence-corrected chi connectivity index (χ4v) is 14.2. The fraction of sp³-hybridized carbons (Fsp3) is 0.596. The summed E-state index contributed by atoms with van der Waals surface area (Å²) < 4.78 is 42.5. The lowest BCUT2D eigenvalue weighted by atomic mass is 9.82. The number of nitrogens with zero attached hydrogens (tertiary/aromatic N) is 17. The molecule has 142 heavy (non-hydrogen) atoms. The van der Waals surface area contributed by atoms with Crippen molar-refractivity contribution >= 4 is 70.8 Å². The van der Waals surface area contributed by atoms with Gasteiger partial charge in [0.25, 0.3) is 11.1 Å². The van der Waals surface area contributed by atoms with Crippen molar-refractivity contribution in [1.82, 2.24) is 102 Å². The van der Waals surface area contributed by atoms with Gasteiger partial charge >= 0.3 is 36.4 Å². The van der Waals surface area contributed by atoms with Gasteiger partial charge in [-0.1, -0.05) is 110 Å². The van der Waals surface area contributed by atoms with Gasteiger partial charge in [-0.25, -0.2) is 42.7 Å². The summed E-state index contributed by atoms with van der Waals surface area (Å²) in [6.07, 6.45) is 19.7. The normalized spacial score (nSPS) is 21.0. The lowest BCUT2D eigenvalue weighted by Gasteiger charge is -2.36. The first-order valence-corrected chi connectivity index (χ1v) is 46.8. The van der Waals surface area contributed by atoms with E-state index in [1.54, 1.807) is 65.7 Å². The maximum atomic E-state index is 12.3. The van der Waals surface area contributed by atoms with Crippen molar-refractivity contribution in [2.24, 2.45) is 17.0 Å². The highest BCUT2D eigenvalue weighted by Gasteiger charge is 2.40. The zero-order valence-corrected chi connectivity index (χ0v) is 83.6. The third kappa shape index (κ3) is 41.1. The maximum absolute atomic E-state index is 12.3. The van der Waals surface area contributed by atoms with Crippen molar-refractivity contribution in [1.29, 1.82) is 0 Å². The molecule has 6 heterocycles. The molecule has 0 unspecified atom stereocenters. The molecule has 0 atom stereocenters. The number of carboxylic acid groups (broad SMARTS) is 1. The maximum Gasteiger partial charge on any atom is 0.407 e. The number of aliphatic carboxylic acids is 1. The summed E-state index contributed by atoms with van der Waals surface area (Å²) in [4.78, 5) is 113. The van der Waals surface area contributed by atoms with Crippen LogP contribution in [0.25, 0.3) is 33.0 Å². The number of carboxylic acids is 1. The number of aliphatic hydroxyl groups is 6. The summed E-state index contributed by atoms with van der Waals surface area (Å²) in [5.41, 5.74) is 11.6. The quantitative estimate of drug-likeness (QED) is 0.00841. The van der Waals surface area contributed by atoms with Gasteiger partial charge < -0.3 is 100 Å². The first kappa shape index (κ1) is 116. The van der Waals surface area contributed by atoms with Crippen LogP contribution in [-0.2, 0) is 64.5 Å². The summed E-state index contributed by atoms with van der Waals surface area (Å²) in [5.74, 6) is 1.81. The number of azide groups is 1. The van der Waals surface area contributed by atoms with Gasteiger partial charge in [-0.3, -0.25) is 24.0 Å². The Bertz CT molecular complexity index is 5410. The highest BCUT2D eigenvalue weighted by Crippen LogP contribution is 2.39. The summed E-state index contributed by atoms with van der Waals surface area (Å²) in [6, 6.07) is 23.6. The number of halogens is 1. The van der Waals surface area contributed by atoms with E-state index in [0.29, 0.717) is 73.0 Å². The molecule has 8 saturated carbocycles. The molecule has 6 amide bonds. The summed E-state index contributed by atoms with van der Waals surface area (Å²) >= 11 is 5.23. The van der Waals surface area contributed by atoms with Crippen molar-refractivity contribution in [3.05, 3.63) is 142 Å². The number of hydrogen-bond acceptors (Lipinski definition) is 34. The van der Waals surface area contributed by atoms with Crippen LogP contribution in [-0.4, -0.2) is 248 Å². The lowest BCUT2D eigenvalue weighted by molar-refractivity contribution is -0.149. The van der Waals surface area contributed by atoms with E-state index in [4.69, 9.17) is 80.5 Å². The monoisotopic (exact) mass is 2000 g/mol. The van der Waals surface area contributed by atoms with Crippen molar-refractivity contribution < 1.29 is 116 Å². The van der Waals surface area contributed by atoms with Gasteiger partial charge in [-0.05, 0) is 204 Å². The topological polar surface area (TPSA) is 654 Å². The Labute approximate surface area is 826 Å². The number of alkyl carbamates (subject to hydrolysis) is 5. The fourth-order valence-electron chi connectivity index (χ4n) is 14.1. The number of carbonyl (C=O) groups is 10. The van der Waals surface area contributed by atoms with Gasteiger partial charge in [-0.2, -0.15) is 0 Å². The molecule has 8 aliphatic carbocycles. The summed E-state index contributed by atoms with van der Waals surface area (Å²) in [7, 11) is 0. The standard InChI is InChI=1S/C17H17N5O3.2C12H20N4O3.C10H6ClNO2.C9H16N4O2.C9H17NO3.C9H15NO3.C8H13N3O.C5H6O3.C3H4O/c23-10-14-9-18-21-22(14)13-6-12(7-13)19-17(24)16-8-15(20-25-16)11-4-2-1-3-5-11;1-12(2,3)19-11(18)13-8-4-10(5-8)16-6-9(7-17)14-15-16;1-12(2,3)19-11(18)14-8-4-9(5-8)16-10(7-17)6-13-15-16;11-10(13)9-6-8(12-14-9)7-4-2-1-3-5-7;1-9(2,3)15-8(14)11-6-4-7(5-6)12-13-10;2*1-9(2,3)13-8(12)10-6-4-7(11)5-6;1-6-2-7(3-6)11-8(5-12)4-9-10-11;6-4-1-3(2-4)5(7)8;1-2-3-4/h1-5,8-9,12-13,23H,6-7,10H2,(H,19,24);6,8,10,17H,4-5,7H2,1-3H3,(H,13,18);6,8-9,17H,4-5,7H2,1-3H3,(H,14,18);1-6H;6-7H,4-5H2,1-3H3,(H,11,14);6-7,11H,4-5H2,1-3H3,(H,10,12);6H,4-5H2,1-3H3,(H,10,12);4,6-7,12H,2-3,5H2,1H3;3H,1-2H2,(H,7,8);1,4H,3H2. The number of nitrogens with one attached hydrogen (secondary N) is 6. The highest BCUT2D eigenvalue weighted by molar-refractivity contribution is 6.67. The predicted molar refractivity (Wildman–Crippen MR) is 510 cm³/mol. The molecule has 16 rings (SSSR count). The minimum absolute atomic E-state index is 0.0117. The Kier molecular flexibility index (Phi) is 44.4. The van der Waals surface area contributed by atoms with Gasteiger partial charge in [0, 0.05) is 96.1 Å². The van der Waals surface area contributed by atoms with Gasteiger partial charge in [0.05, 0.1) is 104 Å². The second-order valence-corrected chi connectivity index (χ2v) is 40.1. The molecular weight excluding hydrogens is 1870 g/mol. The molecule has 13 N–H and O–H groups in total. The van der Waals surface area contributed by atoms with E-state index < -0.39 is 63.6 Å². The zero-order valence-electron chi connectivity index (χ0n) is 82.8. The molecule has 0 saturated heterocycles. The number of rotatable bonds is 20. The van der Waals surface area contributed by atoms with Crippen LogP contribution in [0, 0.1) is 24.2 Å². The van der Waals surface area contributed by atoms with E-state index >= 15 is 0 Å². The number of terminal acetylenes is 1. The Morgan fingerprint density at radius 3 is 1.13 bits per heavy atom. The number of Topliss-reactive ketones (excluding diaryl/α,β-unsaturated/α-hetero) is 2. The molecule has 0 radical (unpaired) electrons. The lowest BCUT2D eigenvalue weighted by Crippen LogP contribution is -2.48. The van der Waals surface area contributed by atoms with Crippen molar-refractivity contribution in [3.8, 4) is 34.9 Å². The number of benzene rings is 2. The average Bonchev–Trinajstić information content (AvgIpc) is 1.67. The van der Waals surface area contributed by atoms with Crippen molar-refractivity contribution in [2.75, 3.05) is 6.61 Å². The van der Waals surface area contributed by atoms with Crippen LogP contribution in [0.1, 0.15) is 282 Å². The minimum atomic E-state index is -0.843. The van der Waals surface area contributed by atoms with E-state index in [0.717, 1.165) is 74.1 Å². The van der Waals surface area contributed by atoms with Gasteiger partial charge in [0.2, 0.25) is 11.5 Å². The minimum Gasteiger partial charge on any atom is -0.481 e. The van der Waals surface area contributed by atoms with Crippen LogP contribution in [0.15, 0.2) is 112 Å². The van der Waals surface area contributed by atoms with Crippen LogP contribution in [0.5, 0.6) is 0 Å². The molecule has 8 aliphatic rings.